The van der Waals surface area contributed by atoms with Crippen molar-refractivity contribution in [1.82, 2.24) is 20.1 Å². The first-order chi connectivity index (χ1) is 10.2. The van der Waals surface area contributed by atoms with Gasteiger partial charge in [0.2, 0.25) is 0 Å². The number of hydrogen-bond acceptors (Lipinski definition) is 3. The minimum absolute atomic E-state index is 0.157. The average Bonchev–Trinajstić information content (AvgIpc) is 2.91. The van der Waals surface area contributed by atoms with E-state index in [0.29, 0.717) is 0 Å². The maximum absolute atomic E-state index is 4.68. The van der Waals surface area contributed by atoms with Gasteiger partial charge in [0.25, 0.3) is 0 Å². The SMILES string of the molecule is CCCNC(c1cncc(C)c1)c1cc(CC)nn1CC. The van der Waals surface area contributed by atoms with Crippen molar-refractivity contribution >= 4 is 0 Å². The van der Waals surface area contributed by atoms with E-state index in [1.165, 1.54) is 16.8 Å². The van der Waals surface area contributed by atoms with Gasteiger partial charge >= 0.3 is 0 Å². The Balaban J connectivity index is 2.42. The van der Waals surface area contributed by atoms with Gasteiger partial charge in [0.05, 0.1) is 17.4 Å². The zero-order valence-corrected chi connectivity index (χ0v) is 13.6. The van der Waals surface area contributed by atoms with Crippen LogP contribution in [-0.4, -0.2) is 21.3 Å². The van der Waals surface area contributed by atoms with Crippen LogP contribution in [-0.2, 0) is 13.0 Å². The quantitative estimate of drug-likeness (QED) is 0.849. The number of nitrogens with one attached hydrogen (secondary N) is 1. The lowest BCUT2D eigenvalue weighted by atomic mass is 10.0. The summed E-state index contributed by atoms with van der Waals surface area (Å²) in [6.07, 6.45) is 5.93. The highest BCUT2D eigenvalue weighted by Gasteiger charge is 2.19. The number of aromatic nitrogens is 3. The van der Waals surface area contributed by atoms with E-state index in [2.05, 4.69) is 59.9 Å². The zero-order valence-electron chi connectivity index (χ0n) is 13.6. The summed E-state index contributed by atoms with van der Waals surface area (Å²) in [5.74, 6) is 0. The van der Waals surface area contributed by atoms with Gasteiger partial charge in [-0.1, -0.05) is 19.9 Å². The van der Waals surface area contributed by atoms with E-state index >= 15 is 0 Å². The summed E-state index contributed by atoms with van der Waals surface area (Å²) in [6.45, 7) is 10.4. The Morgan fingerprint density at radius 2 is 2.00 bits per heavy atom. The first kappa shape index (κ1) is 15.7. The molecule has 0 radical (unpaired) electrons. The van der Waals surface area contributed by atoms with Gasteiger partial charge in [-0.2, -0.15) is 5.10 Å². The van der Waals surface area contributed by atoms with Crippen LogP contribution in [0.3, 0.4) is 0 Å². The lowest BCUT2D eigenvalue weighted by Crippen LogP contribution is -2.26. The standard InChI is InChI=1S/C17H26N4/c1-5-8-19-17(14-9-13(4)11-18-12-14)16-10-15(6-2)20-21(16)7-3/h9-12,17,19H,5-8H2,1-4H3. The molecule has 0 bridgehead atoms. The lowest BCUT2D eigenvalue weighted by Gasteiger charge is -2.20. The summed E-state index contributed by atoms with van der Waals surface area (Å²) < 4.78 is 2.11. The van der Waals surface area contributed by atoms with E-state index in [4.69, 9.17) is 0 Å². The van der Waals surface area contributed by atoms with Crippen LogP contribution in [0.25, 0.3) is 0 Å². The molecular formula is C17H26N4. The van der Waals surface area contributed by atoms with Crippen LogP contribution in [0.2, 0.25) is 0 Å². The van der Waals surface area contributed by atoms with Crippen LogP contribution < -0.4 is 5.32 Å². The predicted molar refractivity (Wildman–Crippen MR) is 86.4 cm³/mol. The van der Waals surface area contributed by atoms with Crippen molar-refractivity contribution in [2.45, 2.75) is 53.1 Å². The molecule has 0 spiro atoms. The molecule has 0 aromatic carbocycles. The van der Waals surface area contributed by atoms with E-state index in [0.717, 1.165) is 31.6 Å². The van der Waals surface area contributed by atoms with Crippen molar-refractivity contribution in [3.8, 4) is 0 Å². The maximum Gasteiger partial charge on any atom is 0.0763 e. The van der Waals surface area contributed by atoms with Gasteiger partial charge < -0.3 is 5.32 Å². The Labute approximate surface area is 127 Å². The zero-order chi connectivity index (χ0) is 15.2. The molecular weight excluding hydrogens is 260 g/mol. The molecule has 0 saturated carbocycles. The van der Waals surface area contributed by atoms with Crippen LogP contribution >= 0.6 is 0 Å². The third-order valence-electron chi connectivity index (χ3n) is 3.65. The van der Waals surface area contributed by atoms with Crippen LogP contribution in [0.1, 0.15) is 55.7 Å². The number of rotatable bonds is 7. The highest BCUT2D eigenvalue weighted by atomic mass is 15.3. The van der Waals surface area contributed by atoms with Crippen molar-refractivity contribution in [2.24, 2.45) is 0 Å². The second kappa shape index (κ2) is 7.36. The Morgan fingerprint density at radius 3 is 2.62 bits per heavy atom. The van der Waals surface area contributed by atoms with E-state index in [1.807, 2.05) is 12.4 Å². The number of pyridine rings is 1. The molecule has 0 fully saturated rings. The predicted octanol–water partition coefficient (Wildman–Crippen LogP) is 3.26. The van der Waals surface area contributed by atoms with E-state index in [-0.39, 0.29) is 6.04 Å². The minimum Gasteiger partial charge on any atom is -0.305 e. The second-order valence-corrected chi connectivity index (χ2v) is 5.41. The van der Waals surface area contributed by atoms with Gasteiger partial charge in [0.15, 0.2) is 0 Å². The highest BCUT2D eigenvalue weighted by Crippen LogP contribution is 2.23. The normalized spacial score (nSPS) is 12.6. The van der Waals surface area contributed by atoms with Crippen molar-refractivity contribution in [2.75, 3.05) is 6.54 Å². The van der Waals surface area contributed by atoms with Crippen molar-refractivity contribution < 1.29 is 0 Å². The molecule has 0 aliphatic carbocycles. The average molecular weight is 286 g/mol. The monoisotopic (exact) mass is 286 g/mol. The molecule has 2 heterocycles. The van der Waals surface area contributed by atoms with Crippen molar-refractivity contribution in [1.29, 1.82) is 0 Å². The molecule has 2 aromatic rings. The van der Waals surface area contributed by atoms with Crippen LogP contribution in [0.4, 0.5) is 0 Å². The molecule has 1 atom stereocenters. The number of hydrogen-bond donors (Lipinski definition) is 1. The van der Waals surface area contributed by atoms with Gasteiger partial charge in [-0.05, 0) is 50.4 Å². The van der Waals surface area contributed by atoms with Crippen LogP contribution in [0, 0.1) is 6.92 Å². The van der Waals surface area contributed by atoms with E-state index in [9.17, 15) is 0 Å². The number of aryl methyl sites for hydroxylation is 3. The lowest BCUT2D eigenvalue weighted by molar-refractivity contribution is 0.527. The molecule has 4 nitrogen and oxygen atoms in total. The summed E-state index contributed by atoms with van der Waals surface area (Å²) in [7, 11) is 0. The Kier molecular flexibility index (Phi) is 5.51. The molecule has 114 valence electrons. The molecule has 1 N–H and O–H groups in total. The third kappa shape index (κ3) is 3.70. The molecule has 21 heavy (non-hydrogen) atoms. The summed E-state index contributed by atoms with van der Waals surface area (Å²) >= 11 is 0. The largest absolute Gasteiger partial charge is 0.305 e. The fourth-order valence-corrected chi connectivity index (χ4v) is 2.56. The molecule has 2 aromatic heterocycles. The molecule has 4 heteroatoms. The molecule has 2 rings (SSSR count). The molecule has 0 aliphatic rings. The Hall–Kier alpha value is -1.68. The smallest absolute Gasteiger partial charge is 0.0763 e. The second-order valence-electron chi connectivity index (χ2n) is 5.41. The first-order valence-corrected chi connectivity index (χ1v) is 7.91. The van der Waals surface area contributed by atoms with Crippen molar-refractivity contribution in [3.05, 3.63) is 47.0 Å². The highest BCUT2D eigenvalue weighted by molar-refractivity contribution is 5.29. The first-order valence-electron chi connectivity index (χ1n) is 7.91. The van der Waals surface area contributed by atoms with Crippen LogP contribution in [0.15, 0.2) is 24.5 Å². The maximum atomic E-state index is 4.68. The van der Waals surface area contributed by atoms with Gasteiger partial charge in [0, 0.05) is 18.9 Å². The van der Waals surface area contributed by atoms with E-state index < -0.39 is 0 Å². The summed E-state index contributed by atoms with van der Waals surface area (Å²) in [4.78, 5) is 4.35. The fraction of sp³-hybridized carbons (Fsp3) is 0.529. The van der Waals surface area contributed by atoms with Gasteiger partial charge in [-0.3, -0.25) is 9.67 Å². The molecule has 0 aliphatic heterocycles. The van der Waals surface area contributed by atoms with Gasteiger partial charge in [0.1, 0.15) is 0 Å². The third-order valence-corrected chi connectivity index (χ3v) is 3.65. The van der Waals surface area contributed by atoms with E-state index in [1.54, 1.807) is 0 Å². The topological polar surface area (TPSA) is 42.7 Å². The summed E-state index contributed by atoms with van der Waals surface area (Å²) in [6, 6.07) is 4.59. The van der Waals surface area contributed by atoms with Gasteiger partial charge in [-0.25, -0.2) is 0 Å². The van der Waals surface area contributed by atoms with Gasteiger partial charge in [-0.15, -0.1) is 0 Å². The minimum atomic E-state index is 0.157. The summed E-state index contributed by atoms with van der Waals surface area (Å²) in [5, 5.41) is 8.32. The van der Waals surface area contributed by atoms with Crippen LogP contribution in [0.5, 0.6) is 0 Å². The van der Waals surface area contributed by atoms with Crippen molar-refractivity contribution in [3.63, 3.8) is 0 Å². The molecule has 0 saturated heterocycles. The summed E-state index contributed by atoms with van der Waals surface area (Å²) in [5.41, 5.74) is 4.78. The molecule has 1 unspecified atom stereocenters. The number of nitrogens with zero attached hydrogens (tertiary/aromatic N) is 3. The Morgan fingerprint density at radius 1 is 1.19 bits per heavy atom. The fourth-order valence-electron chi connectivity index (χ4n) is 2.56. The Bertz CT molecular complexity index is 574. The molecule has 0 amide bonds.